The van der Waals surface area contributed by atoms with E-state index >= 15 is 0 Å². The Hall–Kier alpha value is -2.45. The minimum absolute atomic E-state index is 0.154. The second-order valence-corrected chi connectivity index (χ2v) is 6.28. The molecule has 3 unspecified atom stereocenters. The summed E-state index contributed by atoms with van der Waals surface area (Å²) in [4.78, 5) is 26.3. The van der Waals surface area contributed by atoms with Gasteiger partial charge in [0, 0.05) is 21.1 Å². The SMILES string of the molecule is Cc1c(NC(=O)C2COC3C=CC=CC3O2)c(C(=O)N(C)C)nn1C. The van der Waals surface area contributed by atoms with Crippen LogP contribution in [0, 0.1) is 6.92 Å². The van der Waals surface area contributed by atoms with Gasteiger partial charge in [-0.1, -0.05) is 24.3 Å². The van der Waals surface area contributed by atoms with Crippen LogP contribution in [0.1, 0.15) is 16.2 Å². The van der Waals surface area contributed by atoms with Gasteiger partial charge < -0.3 is 19.7 Å². The molecule has 3 rings (SSSR count). The Kier molecular flexibility index (Phi) is 4.73. The first-order valence-electron chi connectivity index (χ1n) is 8.06. The van der Waals surface area contributed by atoms with Gasteiger partial charge in [-0.3, -0.25) is 14.3 Å². The number of carbonyl (C=O) groups is 2. The quantitative estimate of drug-likeness (QED) is 0.868. The Morgan fingerprint density at radius 1 is 1.28 bits per heavy atom. The van der Waals surface area contributed by atoms with Gasteiger partial charge in [-0.15, -0.1) is 0 Å². The largest absolute Gasteiger partial charge is 0.368 e. The Bertz CT molecular complexity index is 750. The number of rotatable bonds is 3. The van der Waals surface area contributed by atoms with Crippen molar-refractivity contribution in [1.29, 1.82) is 0 Å². The maximum absolute atomic E-state index is 12.6. The number of anilines is 1. The molecule has 8 heteroatoms. The lowest BCUT2D eigenvalue weighted by Gasteiger charge is -2.34. The zero-order chi connectivity index (χ0) is 18.1. The molecule has 1 fully saturated rings. The van der Waals surface area contributed by atoms with Crippen LogP contribution in [0.25, 0.3) is 0 Å². The zero-order valence-corrected chi connectivity index (χ0v) is 14.7. The van der Waals surface area contributed by atoms with E-state index in [9.17, 15) is 9.59 Å². The molecule has 0 aromatic carbocycles. The summed E-state index contributed by atoms with van der Waals surface area (Å²) in [6, 6.07) is 0. The Balaban J connectivity index is 1.76. The first-order valence-corrected chi connectivity index (χ1v) is 8.06. The van der Waals surface area contributed by atoms with Crippen molar-refractivity contribution in [2.75, 3.05) is 26.0 Å². The lowest BCUT2D eigenvalue weighted by Crippen LogP contribution is -2.47. The number of allylic oxidation sites excluding steroid dienone is 2. The van der Waals surface area contributed by atoms with Crippen molar-refractivity contribution in [1.82, 2.24) is 14.7 Å². The summed E-state index contributed by atoms with van der Waals surface area (Å²) in [6.45, 7) is 1.94. The normalized spacial score (nSPS) is 24.7. The first-order chi connectivity index (χ1) is 11.9. The van der Waals surface area contributed by atoms with E-state index in [0.717, 1.165) is 0 Å². The molecule has 134 valence electrons. The summed E-state index contributed by atoms with van der Waals surface area (Å²) < 4.78 is 13.1. The summed E-state index contributed by atoms with van der Waals surface area (Å²) in [6.07, 6.45) is 6.32. The summed E-state index contributed by atoms with van der Waals surface area (Å²) in [7, 11) is 5.00. The number of hydrogen-bond donors (Lipinski definition) is 1. The van der Waals surface area contributed by atoms with E-state index in [1.807, 2.05) is 24.3 Å². The third-order valence-electron chi connectivity index (χ3n) is 4.28. The van der Waals surface area contributed by atoms with Crippen LogP contribution >= 0.6 is 0 Å². The maximum Gasteiger partial charge on any atom is 0.276 e. The summed E-state index contributed by atoms with van der Waals surface area (Å²) in [5, 5.41) is 7.00. The van der Waals surface area contributed by atoms with Crippen LogP contribution in [0.15, 0.2) is 24.3 Å². The molecule has 2 heterocycles. The Morgan fingerprint density at radius 2 is 1.96 bits per heavy atom. The van der Waals surface area contributed by atoms with Gasteiger partial charge in [-0.05, 0) is 6.92 Å². The highest BCUT2D eigenvalue weighted by atomic mass is 16.6. The number of hydrogen-bond acceptors (Lipinski definition) is 5. The predicted molar refractivity (Wildman–Crippen MR) is 91.3 cm³/mol. The molecule has 1 saturated heterocycles. The van der Waals surface area contributed by atoms with Gasteiger partial charge in [-0.2, -0.15) is 5.10 Å². The third-order valence-corrected chi connectivity index (χ3v) is 4.28. The fourth-order valence-electron chi connectivity index (χ4n) is 2.73. The number of amides is 2. The van der Waals surface area contributed by atoms with Crippen molar-refractivity contribution in [3.63, 3.8) is 0 Å². The van der Waals surface area contributed by atoms with Crippen molar-refractivity contribution >= 4 is 17.5 Å². The smallest absolute Gasteiger partial charge is 0.276 e. The van der Waals surface area contributed by atoms with Crippen LogP contribution in [0.5, 0.6) is 0 Å². The first kappa shape index (κ1) is 17.4. The van der Waals surface area contributed by atoms with Crippen molar-refractivity contribution in [2.45, 2.75) is 25.2 Å². The number of aromatic nitrogens is 2. The number of ether oxygens (including phenoxy) is 2. The minimum Gasteiger partial charge on any atom is -0.368 e. The number of fused-ring (bicyclic) bond motifs is 1. The van der Waals surface area contributed by atoms with Crippen molar-refractivity contribution in [2.24, 2.45) is 7.05 Å². The molecule has 0 bridgehead atoms. The molecule has 8 nitrogen and oxygen atoms in total. The van der Waals surface area contributed by atoms with E-state index in [-0.39, 0.29) is 36.3 Å². The van der Waals surface area contributed by atoms with Crippen molar-refractivity contribution < 1.29 is 19.1 Å². The number of carbonyl (C=O) groups excluding carboxylic acids is 2. The van der Waals surface area contributed by atoms with Gasteiger partial charge in [0.15, 0.2) is 11.8 Å². The topological polar surface area (TPSA) is 85.7 Å². The van der Waals surface area contributed by atoms with Gasteiger partial charge >= 0.3 is 0 Å². The van der Waals surface area contributed by atoms with Gasteiger partial charge in [0.2, 0.25) is 0 Å². The fourth-order valence-corrected chi connectivity index (χ4v) is 2.73. The lowest BCUT2D eigenvalue weighted by atomic mass is 10.1. The molecule has 2 aliphatic rings. The van der Waals surface area contributed by atoms with Crippen molar-refractivity contribution in [3.8, 4) is 0 Å². The lowest BCUT2D eigenvalue weighted by molar-refractivity contribution is -0.164. The van der Waals surface area contributed by atoms with E-state index in [4.69, 9.17) is 9.47 Å². The van der Waals surface area contributed by atoms with Crippen LogP contribution in [0.4, 0.5) is 5.69 Å². The monoisotopic (exact) mass is 346 g/mol. The molecule has 0 radical (unpaired) electrons. The minimum atomic E-state index is -0.751. The van der Waals surface area contributed by atoms with Crippen LogP contribution in [0.2, 0.25) is 0 Å². The summed E-state index contributed by atoms with van der Waals surface area (Å²) >= 11 is 0. The molecule has 3 atom stereocenters. The highest BCUT2D eigenvalue weighted by Gasteiger charge is 2.35. The predicted octanol–water partition coefficient (Wildman–Crippen LogP) is 0.647. The summed E-state index contributed by atoms with van der Waals surface area (Å²) in [5.41, 5.74) is 1.29. The maximum atomic E-state index is 12.6. The van der Waals surface area contributed by atoms with E-state index in [0.29, 0.717) is 11.4 Å². The Labute approximate surface area is 146 Å². The second kappa shape index (κ2) is 6.81. The molecule has 1 aliphatic carbocycles. The molecular formula is C17H22N4O4. The van der Waals surface area contributed by atoms with E-state index < -0.39 is 6.10 Å². The third kappa shape index (κ3) is 3.35. The average Bonchev–Trinajstić information content (AvgIpc) is 2.88. The molecule has 0 saturated carbocycles. The van der Waals surface area contributed by atoms with Gasteiger partial charge in [-0.25, -0.2) is 0 Å². The second-order valence-electron chi connectivity index (χ2n) is 6.28. The van der Waals surface area contributed by atoms with Crippen LogP contribution < -0.4 is 5.32 Å². The molecular weight excluding hydrogens is 324 g/mol. The van der Waals surface area contributed by atoms with E-state index in [2.05, 4.69) is 10.4 Å². The van der Waals surface area contributed by atoms with Crippen molar-refractivity contribution in [3.05, 3.63) is 35.7 Å². The van der Waals surface area contributed by atoms with Crippen LogP contribution in [-0.4, -0.2) is 65.5 Å². The highest BCUT2D eigenvalue weighted by molar-refractivity contribution is 6.04. The van der Waals surface area contributed by atoms with Crippen LogP contribution in [-0.2, 0) is 21.3 Å². The zero-order valence-electron chi connectivity index (χ0n) is 14.7. The molecule has 1 aromatic heterocycles. The fraction of sp³-hybridized carbons (Fsp3) is 0.471. The molecule has 0 spiro atoms. The number of nitrogens with zero attached hydrogens (tertiary/aromatic N) is 3. The molecule has 1 aliphatic heterocycles. The van der Waals surface area contributed by atoms with E-state index in [1.54, 1.807) is 32.7 Å². The standard InChI is InChI=1S/C17H22N4O4/c1-10-14(15(19-21(10)4)17(23)20(2)3)18-16(22)13-9-24-11-7-5-6-8-12(11)25-13/h5-8,11-13H,9H2,1-4H3,(H,18,22). The number of aryl methyl sites for hydroxylation is 1. The van der Waals surface area contributed by atoms with Crippen LogP contribution in [0.3, 0.4) is 0 Å². The molecule has 1 aromatic rings. The van der Waals surface area contributed by atoms with Gasteiger partial charge in [0.05, 0.1) is 18.0 Å². The highest BCUT2D eigenvalue weighted by Crippen LogP contribution is 2.24. The summed E-state index contributed by atoms with van der Waals surface area (Å²) in [5.74, 6) is -0.634. The molecule has 1 N–H and O–H groups in total. The van der Waals surface area contributed by atoms with Gasteiger partial charge in [0.1, 0.15) is 12.2 Å². The van der Waals surface area contributed by atoms with E-state index in [1.165, 1.54) is 4.90 Å². The van der Waals surface area contributed by atoms with Gasteiger partial charge in [0.25, 0.3) is 11.8 Å². The number of nitrogens with one attached hydrogen (secondary N) is 1. The molecule has 25 heavy (non-hydrogen) atoms. The average molecular weight is 346 g/mol. The Morgan fingerprint density at radius 3 is 2.64 bits per heavy atom. The molecule has 2 amide bonds.